The first-order chi connectivity index (χ1) is 11.7. The third-order valence-corrected chi connectivity index (χ3v) is 4.79. The first-order valence-corrected chi connectivity index (χ1v) is 8.59. The zero-order valence-electron chi connectivity index (χ0n) is 14.0. The minimum absolute atomic E-state index is 0.130. The normalized spacial score (nSPS) is 14.0. The van der Waals surface area contributed by atoms with Crippen molar-refractivity contribution in [2.24, 2.45) is 5.92 Å². The van der Waals surface area contributed by atoms with Crippen molar-refractivity contribution in [1.82, 2.24) is 9.47 Å². The van der Waals surface area contributed by atoms with Crippen LogP contribution in [0.2, 0.25) is 0 Å². The summed E-state index contributed by atoms with van der Waals surface area (Å²) in [6.45, 7) is 1.65. The van der Waals surface area contributed by atoms with Crippen molar-refractivity contribution in [2.75, 3.05) is 13.6 Å². The number of para-hydroxylation sites is 1. The van der Waals surface area contributed by atoms with E-state index in [0.717, 1.165) is 29.6 Å². The summed E-state index contributed by atoms with van der Waals surface area (Å²) in [5, 5.41) is 1.04. The molecule has 3 heteroatoms. The quantitative estimate of drug-likeness (QED) is 0.693. The van der Waals surface area contributed by atoms with Crippen LogP contribution in [0.25, 0.3) is 10.9 Å². The highest BCUT2D eigenvalue weighted by Gasteiger charge is 2.26. The number of nitrogens with zero attached hydrogens (tertiary/aromatic N) is 2. The van der Waals surface area contributed by atoms with Crippen molar-refractivity contribution < 1.29 is 4.79 Å². The van der Waals surface area contributed by atoms with Gasteiger partial charge in [-0.2, -0.15) is 0 Å². The van der Waals surface area contributed by atoms with E-state index in [1.807, 2.05) is 36.3 Å². The van der Waals surface area contributed by atoms with Crippen LogP contribution in [0.1, 0.15) is 28.8 Å². The van der Waals surface area contributed by atoms with Crippen molar-refractivity contribution in [2.45, 2.75) is 19.4 Å². The molecule has 0 atom stereocenters. The van der Waals surface area contributed by atoms with Crippen LogP contribution in [0.5, 0.6) is 0 Å². The van der Waals surface area contributed by atoms with Crippen molar-refractivity contribution >= 4 is 16.8 Å². The Labute approximate surface area is 142 Å². The minimum atomic E-state index is 0.130. The Morgan fingerprint density at radius 3 is 2.54 bits per heavy atom. The fourth-order valence-corrected chi connectivity index (χ4v) is 3.30. The molecule has 2 aromatic carbocycles. The standard InChI is InChI=1S/C21H22N2O/c1-22(13-17-11-12-17)21(24)19-15-23(14-16-7-3-2-4-8-16)20-10-6-5-9-18(19)20/h2-10,15,17H,11-14H2,1H3. The Morgan fingerprint density at radius 1 is 1.08 bits per heavy atom. The second-order valence-corrected chi connectivity index (χ2v) is 6.80. The van der Waals surface area contributed by atoms with Crippen LogP contribution in [0.15, 0.2) is 60.8 Å². The van der Waals surface area contributed by atoms with E-state index in [9.17, 15) is 4.79 Å². The molecule has 0 radical (unpaired) electrons. The van der Waals surface area contributed by atoms with Crippen molar-refractivity contribution in [3.05, 3.63) is 71.9 Å². The summed E-state index contributed by atoms with van der Waals surface area (Å²) in [6.07, 6.45) is 4.53. The van der Waals surface area contributed by atoms with E-state index >= 15 is 0 Å². The van der Waals surface area contributed by atoms with Crippen LogP contribution in [-0.2, 0) is 6.54 Å². The molecular weight excluding hydrogens is 296 g/mol. The van der Waals surface area contributed by atoms with Crippen LogP contribution >= 0.6 is 0 Å². The second kappa shape index (κ2) is 6.16. The van der Waals surface area contributed by atoms with E-state index in [4.69, 9.17) is 0 Å². The topological polar surface area (TPSA) is 25.2 Å². The van der Waals surface area contributed by atoms with E-state index in [2.05, 4.69) is 41.0 Å². The molecule has 0 spiro atoms. The van der Waals surface area contributed by atoms with E-state index in [1.165, 1.54) is 18.4 Å². The summed E-state index contributed by atoms with van der Waals surface area (Å²) >= 11 is 0. The van der Waals surface area contributed by atoms with Gasteiger partial charge in [0, 0.05) is 37.2 Å². The third kappa shape index (κ3) is 2.94. The number of carbonyl (C=O) groups is 1. The summed E-state index contributed by atoms with van der Waals surface area (Å²) in [7, 11) is 1.92. The van der Waals surface area contributed by atoms with Gasteiger partial charge in [-0.05, 0) is 30.4 Å². The summed E-state index contributed by atoms with van der Waals surface area (Å²) in [6, 6.07) is 18.6. The lowest BCUT2D eigenvalue weighted by Crippen LogP contribution is -2.28. The molecule has 3 nitrogen and oxygen atoms in total. The molecule has 0 saturated heterocycles. The molecule has 1 aromatic heterocycles. The van der Waals surface area contributed by atoms with Crippen LogP contribution in [-0.4, -0.2) is 29.0 Å². The molecule has 4 rings (SSSR count). The molecule has 1 heterocycles. The molecule has 0 unspecified atom stereocenters. The van der Waals surface area contributed by atoms with Gasteiger partial charge in [0.1, 0.15) is 0 Å². The summed E-state index contributed by atoms with van der Waals surface area (Å²) in [4.78, 5) is 14.8. The average molecular weight is 318 g/mol. The number of hydrogen-bond acceptors (Lipinski definition) is 1. The SMILES string of the molecule is CN(CC1CC1)C(=O)c1cn(Cc2ccccc2)c2ccccc12. The minimum Gasteiger partial charge on any atom is -0.342 e. The predicted octanol–water partition coefficient (Wildman–Crippen LogP) is 4.17. The zero-order chi connectivity index (χ0) is 16.5. The Morgan fingerprint density at radius 2 is 1.79 bits per heavy atom. The maximum atomic E-state index is 12.9. The van der Waals surface area contributed by atoms with Gasteiger partial charge in [-0.25, -0.2) is 0 Å². The molecule has 1 fully saturated rings. The third-order valence-electron chi connectivity index (χ3n) is 4.79. The van der Waals surface area contributed by atoms with Gasteiger partial charge < -0.3 is 9.47 Å². The van der Waals surface area contributed by atoms with Gasteiger partial charge in [-0.15, -0.1) is 0 Å². The van der Waals surface area contributed by atoms with Gasteiger partial charge in [-0.1, -0.05) is 48.5 Å². The fraction of sp³-hybridized carbons (Fsp3) is 0.286. The molecule has 0 bridgehead atoms. The first kappa shape index (κ1) is 15.0. The second-order valence-electron chi connectivity index (χ2n) is 6.80. The molecule has 1 aliphatic rings. The van der Waals surface area contributed by atoms with Crippen molar-refractivity contribution in [3.63, 3.8) is 0 Å². The number of aromatic nitrogens is 1. The monoisotopic (exact) mass is 318 g/mol. The average Bonchev–Trinajstić information content (AvgIpc) is 3.36. The highest BCUT2D eigenvalue weighted by molar-refractivity contribution is 6.06. The highest BCUT2D eigenvalue weighted by Crippen LogP contribution is 2.30. The van der Waals surface area contributed by atoms with Crippen molar-refractivity contribution in [1.29, 1.82) is 0 Å². The van der Waals surface area contributed by atoms with E-state index in [1.54, 1.807) is 0 Å². The molecule has 0 N–H and O–H groups in total. The van der Waals surface area contributed by atoms with Crippen LogP contribution in [0, 0.1) is 5.92 Å². The highest BCUT2D eigenvalue weighted by atomic mass is 16.2. The molecule has 1 amide bonds. The fourth-order valence-electron chi connectivity index (χ4n) is 3.30. The van der Waals surface area contributed by atoms with E-state index in [0.29, 0.717) is 5.92 Å². The smallest absolute Gasteiger partial charge is 0.255 e. The summed E-state index contributed by atoms with van der Waals surface area (Å²) in [5.74, 6) is 0.835. The van der Waals surface area contributed by atoms with Gasteiger partial charge in [-0.3, -0.25) is 4.79 Å². The molecular formula is C21H22N2O. The van der Waals surface area contributed by atoms with Gasteiger partial charge in [0.15, 0.2) is 0 Å². The predicted molar refractivity (Wildman–Crippen MR) is 97.2 cm³/mol. The molecule has 1 saturated carbocycles. The van der Waals surface area contributed by atoms with Crippen LogP contribution < -0.4 is 0 Å². The molecule has 24 heavy (non-hydrogen) atoms. The van der Waals surface area contributed by atoms with Gasteiger partial charge in [0.2, 0.25) is 0 Å². The molecule has 3 aromatic rings. The lowest BCUT2D eigenvalue weighted by molar-refractivity contribution is 0.0790. The number of rotatable bonds is 5. The summed E-state index contributed by atoms with van der Waals surface area (Å²) in [5.41, 5.74) is 3.16. The van der Waals surface area contributed by atoms with E-state index in [-0.39, 0.29) is 5.91 Å². The number of carbonyl (C=O) groups excluding carboxylic acids is 1. The zero-order valence-corrected chi connectivity index (χ0v) is 14.0. The maximum Gasteiger partial charge on any atom is 0.255 e. The van der Waals surface area contributed by atoms with Crippen LogP contribution in [0.3, 0.4) is 0 Å². The first-order valence-electron chi connectivity index (χ1n) is 8.59. The number of benzene rings is 2. The molecule has 1 aliphatic carbocycles. The van der Waals surface area contributed by atoms with Crippen molar-refractivity contribution in [3.8, 4) is 0 Å². The largest absolute Gasteiger partial charge is 0.342 e. The Balaban J connectivity index is 1.69. The van der Waals surface area contributed by atoms with E-state index < -0.39 is 0 Å². The van der Waals surface area contributed by atoms with Gasteiger partial charge >= 0.3 is 0 Å². The maximum absolute atomic E-state index is 12.9. The van der Waals surface area contributed by atoms with Gasteiger partial charge in [0.05, 0.1) is 5.56 Å². The summed E-state index contributed by atoms with van der Waals surface area (Å²) < 4.78 is 2.18. The molecule has 0 aliphatic heterocycles. The van der Waals surface area contributed by atoms with Crippen LogP contribution in [0.4, 0.5) is 0 Å². The lowest BCUT2D eigenvalue weighted by Gasteiger charge is -2.16. The lowest BCUT2D eigenvalue weighted by atomic mass is 10.1. The van der Waals surface area contributed by atoms with Gasteiger partial charge in [0.25, 0.3) is 5.91 Å². The Kier molecular flexibility index (Phi) is 3.85. The Hall–Kier alpha value is -2.55. The number of hydrogen-bond donors (Lipinski definition) is 0. The number of fused-ring (bicyclic) bond motifs is 1. The number of amides is 1. The molecule has 122 valence electrons. The Bertz CT molecular complexity index is 862.